The van der Waals surface area contributed by atoms with Gasteiger partial charge in [-0.3, -0.25) is 0 Å². The van der Waals surface area contributed by atoms with Gasteiger partial charge in [-0.15, -0.1) is 11.6 Å². The van der Waals surface area contributed by atoms with Crippen LogP contribution in [0.1, 0.15) is 36.8 Å². The summed E-state index contributed by atoms with van der Waals surface area (Å²) < 4.78 is 5.71. The minimum atomic E-state index is 0.760. The lowest BCUT2D eigenvalue weighted by atomic mass is 10.1. The maximum atomic E-state index is 6.10. The largest absolute Gasteiger partial charge is 0.494 e. The number of hydrogen-bond acceptors (Lipinski definition) is 1. The normalized spacial score (nSPS) is 10.6. The number of benzene rings is 1. The van der Waals surface area contributed by atoms with Crippen LogP contribution in [0.5, 0.6) is 5.75 Å². The highest BCUT2D eigenvalue weighted by atomic mass is 35.5. The Labute approximate surface area is 114 Å². The van der Waals surface area contributed by atoms with Gasteiger partial charge in [-0.2, -0.15) is 0 Å². The van der Waals surface area contributed by atoms with Crippen molar-refractivity contribution >= 4 is 23.2 Å². The van der Waals surface area contributed by atoms with Crippen LogP contribution in [0.4, 0.5) is 0 Å². The lowest BCUT2D eigenvalue weighted by Crippen LogP contribution is -1.98. The molecule has 0 fully saturated rings. The summed E-state index contributed by atoms with van der Waals surface area (Å²) in [5, 5.41) is 0.833. The summed E-state index contributed by atoms with van der Waals surface area (Å²) in [5.74, 6) is 1.68. The molecule has 17 heavy (non-hydrogen) atoms. The fourth-order valence-corrected chi connectivity index (χ4v) is 2.03. The van der Waals surface area contributed by atoms with Crippen LogP contribution >= 0.6 is 23.2 Å². The highest BCUT2D eigenvalue weighted by Gasteiger charge is 2.03. The molecule has 0 heterocycles. The zero-order valence-electron chi connectivity index (χ0n) is 10.6. The summed E-state index contributed by atoms with van der Waals surface area (Å²) in [5.41, 5.74) is 2.15. The van der Waals surface area contributed by atoms with Gasteiger partial charge in [-0.1, -0.05) is 24.4 Å². The average molecular weight is 275 g/mol. The van der Waals surface area contributed by atoms with Gasteiger partial charge in [-0.25, -0.2) is 0 Å². The summed E-state index contributed by atoms with van der Waals surface area (Å²) in [6.45, 7) is 4.77. The summed E-state index contributed by atoms with van der Waals surface area (Å²) >= 11 is 11.7. The first kappa shape index (κ1) is 14.7. The van der Waals surface area contributed by atoms with E-state index in [9.17, 15) is 0 Å². The van der Waals surface area contributed by atoms with Gasteiger partial charge in [-0.05, 0) is 49.9 Å². The van der Waals surface area contributed by atoms with E-state index < -0.39 is 0 Å². The van der Waals surface area contributed by atoms with Crippen LogP contribution in [-0.4, -0.2) is 12.5 Å². The first-order valence-corrected chi connectivity index (χ1v) is 7.02. The van der Waals surface area contributed by atoms with Crippen LogP contribution in [0.15, 0.2) is 12.1 Å². The van der Waals surface area contributed by atoms with Crippen LogP contribution in [0.3, 0.4) is 0 Å². The molecule has 1 nitrogen and oxygen atoms in total. The Balaban J connectivity index is 2.32. The Morgan fingerprint density at radius 1 is 1.00 bits per heavy atom. The molecular formula is C14H20Cl2O. The second kappa shape index (κ2) is 7.84. The van der Waals surface area contributed by atoms with Crippen molar-refractivity contribution in [2.45, 2.75) is 39.5 Å². The Morgan fingerprint density at radius 2 is 1.59 bits per heavy atom. The van der Waals surface area contributed by atoms with Gasteiger partial charge >= 0.3 is 0 Å². The smallest absolute Gasteiger partial charge is 0.119 e. The van der Waals surface area contributed by atoms with Gasteiger partial charge in [0.1, 0.15) is 5.75 Å². The van der Waals surface area contributed by atoms with Crippen molar-refractivity contribution in [2.24, 2.45) is 0 Å². The Bertz CT molecular complexity index is 327. The molecule has 0 aliphatic rings. The highest BCUT2D eigenvalue weighted by molar-refractivity contribution is 6.32. The van der Waals surface area contributed by atoms with Crippen molar-refractivity contribution in [3.8, 4) is 5.75 Å². The predicted octanol–water partition coefficient (Wildman–Crippen LogP) is 5.13. The molecule has 0 aliphatic heterocycles. The minimum Gasteiger partial charge on any atom is -0.494 e. The van der Waals surface area contributed by atoms with Crippen LogP contribution in [0.2, 0.25) is 5.02 Å². The van der Waals surface area contributed by atoms with E-state index in [1.807, 2.05) is 26.0 Å². The third kappa shape index (κ3) is 5.18. The van der Waals surface area contributed by atoms with Crippen molar-refractivity contribution < 1.29 is 4.74 Å². The number of hydrogen-bond donors (Lipinski definition) is 0. The molecule has 0 saturated heterocycles. The van der Waals surface area contributed by atoms with Crippen LogP contribution in [-0.2, 0) is 0 Å². The summed E-state index contributed by atoms with van der Waals surface area (Å²) in [4.78, 5) is 0. The molecule has 0 aromatic heterocycles. The molecule has 0 radical (unpaired) electrons. The SMILES string of the molecule is Cc1cc(OCCCCCCCl)cc(C)c1Cl. The number of rotatable bonds is 7. The molecule has 96 valence electrons. The molecule has 0 saturated carbocycles. The summed E-state index contributed by atoms with van der Waals surface area (Å²) in [6, 6.07) is 3.99. The standard InChI is InChI=1S/C14H20Cl2O/c1-11-9-13(10-12(2)14(11)16)17-8-6-4-3-5-7-15/h9-10H,3-8H2,1-2H3. The van der Waals surface area contributed by atoms with Gasteiger partial charge < -0.3 is 4.74 Å². The number of unbranched alkanes of at least 4 members (excludes halogenated alkanes) is 3. The molecule has 0 spiro atoms. The van der Waals surface area contributed by atoms with E-state index in [1.54, 1.807) is 0 Å². The molecule has 0 bridgehead atoms. The molecule has 1 aromatic carbocycles. The zero-order valence-corrected chi connectivity index (χ0v) is 12.1. The Hall–Kier alpha value is -0.400. The Morgan fingerprint density at radius 3 is 2.18 bits per heavy atom. The zero-order chi connectivity index (χ0) is 12.7. The van der Waals surface area contributed by atoms with Gasteiger partial charge in [0.2, 0.25) is 0 Å². The number of ether oxygens (including phenoxy) is 1. The van der Waals surface area contributed by atoms with Crippen molar-refractivity contribution in [1.82, 2.24) is 0 Å². The van der Waals surface area contributed by atoms with Crippen LogP contribution in [0, 0.1) is 13.8 Å². The van der Waals surface area contributed by atoms with Gasteiger partial charge in [0, 0.05) is 10.9 Å². The molecule has 0 unspecified atom stereocenters. The first-order chi connectivity index (χ1) is 8.15. The topological polar surface area (TPSA) is 9.23 Å². The minimum absolute atomic E-state index is 0.760. The quantitative estimate of drug-likeness (QED) is 0.495. The molecule has 0 amide bonds. The number of alkyl halides is 1. The lowest BCUT2D eigenvalue weighted by Gasteiger charge is -2.09. The molecule has 3 heteroatoms. The third-order valence-electron chi connectivity index (χ3n) is 2.71. The summed E-state index contributed by atoms with van der Waals surface area (Å²) in [6.07, 6.45) is 4.54. The number of aryl methyl sites for hydroxylation is 2. The van der Waals surface area contributed by atoms with Crippen molar-refractivity contribution in [3.05, 3.63) is 28.3 Å². The van der Waals surface area contributed by atoms with E-state index >= 15 is 0 Å². The van der Waals surface area contributed by atoms with E-state index in [0.29, 0.717) is 0 Å². The second-order valence-corrected chi connectivity index (χ2v) is 5.08. The fourth-order valence-electron chi connectivity index (χ4n) is 1.73. The molecule has 0 atom stereocenters. The first-order valence-electron chi connectivity index (χ1n) is 6.10. The third-order valence-corrected chi connectivity index (χ3v) is 3.57. The lowest BCUT2D eigenvalue weighted by molar-refractivity contribution is 0.305. The Kier molecular flexibility index (Phi) is 6.76. The maximum Gasteiger partial charge on any atom is 0.119 e. The molecule has 1 rings (SSSR count). The van der Waals surface area contributed by atoms with Crippen LogP contribution < -0.4 is 4.74 Å². The van der Waals surface area contributed by atoms with E-state index in [-0.39, 0.29) is 0 Å². The predicted molar refractivity (Wildman–Crippen MR) is 75.6 cm³/mol. The molecule has 0 N–H and O–H groups in total. The van der Waals surface area contributed by atoms with Gasteiger partial charge in [0.15, 0.2) is 0 Å². The highest BCUT2D eigenvalue weighted by Crippen LogP contribution is 2.25. The van der Waals surface area contributed by atoms with Crippen molar-refractivity contribution in [3.63, 3.8) is 0 Å². The van der Waals surface area contributed by atoms with E-state index in [0.717, 1.165) is 47.2 Å². The van der Waals surface area contributed by atoms with Crippen molar-refractivity contribution in [2.75, 3.05) is 12.5 Å². The van der Waals surface area contributed by atoms with Crippen LogP contribution in [0.25, 0.3) is 0 Å². The van der Waals surface area contributed by atoms with E-state index in [2.05, 4.69) is 0 Å². The van der Waals surface area contributed by atoms with Gasteiger partial charge in [0.05, 0.1) is 6.61 Å². The molecule has 0 aliphatic carbocycles. The number of halogens is 2. The molecule has 1 aromatic rings. The fraction of sp³-hybridized carbons (Fsp3) is 0.571. The van der Waals surface area contributed by atoms with Gasteiger partial charge in [0.25, 0.3) is 0 Å². The van der Waals surface area contributed by atoms with E-state index in [4.69, 9.17) is 27.9 Å². The average Bonchev–Trinajstić information content (AvgIpc) is 2.30. The van der Waals surface area contributed by atoms with E-state index in [1.165, 1.54) is 12.8 Å². The van der Waals surface area contributed by atoms with Crippen molar-refractivity contribution in [1.29, 1.82) is 0 Å². The second-order valence-electron chi connectivity index (χ2n) is 4.32. The molecular weight excluding hydrogens is 255 g/mol. The monoisotopic (exact) mass is 274 g/mol. The summed E-state index contributed by atoms with van der Waals surface area (Å²) in [7, 11) is 0. The maximum absolute atomic E-state index is 6.10.